The van der Waals surface area contributed by atoms with Crippen molar-refractivity contribution in [3.63, 3.8) is 0 Å². The summed E-state index contributed by atoms with van der Waals surface area (Å²) < 4.78 is 36.1. The van der Waals surface area contributed by atoms with Crippen LogP contribution in [0.2, 0.25) is 0 Å². The number of halogens is 1. The zero-order valence-electron chi connectivity index (χ0n) is 18.3. The van der Waals surface area contributed by atoms with Crippen molar-refractivity contribution >= 4 is 38.9 Å². The zero-order chi connectivity index (χ0) is 24.2. The van der Waals surface area contributed by atoms with Gasteiger partial charge in [0, 0.05) is 0 Å². The number of carbonyl (C=O) groups is 1. The number of aryl methyl sites for hydroxylation is 1. The maximum Gasteiger partial charge on any atom is 0.341 e. The Balaban J connectivity index is 1.66. The van der Waals surface area contributed by atoms with Crippen molar-refractivity contribution in [1.82, 2.24) is 4.98 Å². The van der Waals surface area contributed by atoms with Gasteiger partial charge in [-0.1, -0.05) is 30.3 Å². The molecule has 0 amide bonds. The molecule has 1 aliphatic rings. The molecule has 2 N–H and O–H groups in total. The highest BCUT2D eigenvalue weighted by molar-refractivity contribution is 9.10. The zero-order valence-corrected chi connectivity index (χ0v) is 20.7. The van der Waals surface area contributed by atoms with Crippen LogP contribution in [0.3, 0.4) is 0 Å². The second-order valence-electron chi connectivity index (χ2n) is 7.82. The first-order valence-corrected chi connectivity index (χ1v) is 12.5. The van der Waals surface area contributed by atoms with E-state index in [1.807, 2.05) is 37.3 Å². The maximum atomic E-state index is 12.5. The smallest absolute Gasteiger partial charge is 0.341 e. The normalized spacial score (nSPS) is 15.8. The number of fused-ring (bicyclic) bond motifs is 1. The van der Waals surface area contributed by atoms with E-state index in [1.54, 1.807) is 18.2 Å². The second kappa shape index (κ2) is 10.5. The second-order valence-corrected chi connectivity index (χ2v) is 9.53. The first-order valence-electron chi connectivity index (χ1n) is 10.6. The third-order valence-corrected chi connectivity index (χ3v) is 6.95. The Kier molecular flexibility index (Phi) is 7.50. The van der Waals surface area contributed by atoms with E-state index in [2.05, 4.69) is 20.9 Å². The molecule has 0 fully saturated rings. The SMILES string of the molecule is Cc1ccccc1Oc1ncc(N(C2CCCc3c(OCC(=O)O)cccc32)S(=O)O)cc1Br. The first kappa shape index (κ1) is 24.2. The van der Waals surface area contributed by atoms with Gasteiger partial charge in [-0.3, -0.25) is 8.86 Å². The van der Waals surface area contributed by atoms with Gasteiger partial charge in [0.1, 0.15) is 11.5 Å². The minimum absolute atomic E-state index is 0.343. The molecule has 0 aliphatic heterocycles. The van der Waals surface area contributed by atoms with Crippen LogP contribution in [0.4, 0.5) is 5.69 Å². The molecule has 1 aromatic heterocycles. The third kappa shape index (κ3) is 5.24. The van der Waals surface area contributed by atoms with Gasteiger partial charge in [-0.15, -0.1) is 0 Å². The molecule has 4 rings (SSSR count). The van der Waals surface area contributed by atoms with Crippen molar-refractivity contribution < 1.29 is 28.1 Å². The van der Waals surface area contributed by atoms with Crippen molar-refractivity contribution in [3.8, 4) is 17.4 Å². The topological polar surface area (TPSA) is 109 Å². The van der Waals surface area contributed by atoms with Crippen molar-refractivity contribution in [2.75, 3.05) is 10.9 Å². The van der Waals surface area contributed by atoms with E-state index in [-0.39, 0.29) is 0 Å². The molecular weight excluding hydrogens is 524 g/mol. The van der Waals surface area contributed by atoms with Crippen LogP contribution in [0, 0.1) is 6.92 Å². The number of anilines is 1. The van der Waals surface area contributed by atoms with E-state index in [4.69, 9.17) is 14.6 Å². The van der Waals surface area contributed by atoms with Crippen molar-refractivity contribution in [2.45, 2.75) is 32.2 Å². The number of nitrogens with zero attached hydrogens (tertiary/aromatic N) is 2. The number of benzene rings is 2. The Labute approximate surface area is 208 Å². The highest BCUT2D eigenvalue weighted by Crippen LogP contribution is 2.42. The third-order valence-electron chi connectivity index (χ3n) is 5.58. The first-order chi connectivity index (χ1) is 16.3. The summed E-state index contributed by atoms with van der Waals surface area (Å²) in [6.07, 6.45) is 3.59. The summed E-state index contributed by atoms with van der Waals surface area (Å²) in [6, 6.07) is 14.2. The predicted molar refractivity (Wildman–Crippen MR) is 132 cm³/mol. The predicted octanol–water partition coefficient (Wildman–Crippen LogP) is 5.43. The maximum absolute atomic E-state index is 12.5. The Morgan fingerprint density at radius 3 is 2.71 bits per heavy atom. The monoisotopic (exact) mass is 546 g/mol. The summed E-state index contributed by atoms with van der Waals surface area (Å²) >= 11 is 1.14. The van der Waals surface area contributed by atoms with Crippen molar-refractivity contribution in [2.24, 2.45) is 0 Å². The number of carboxylic acid groups (broad SMARTS) is 1. The average molecular weight is 547 g/mol. The minimum Gasteiger partial charge on any atom is -0.482 e. The van der Waals surface area contributed by atoms with Crippen LogP contribution in [0.15, 0.2) is 59.2 Å². The summed E-state index contributed by atoms with van der Waals surface area (Å²) in [5.41, 5.74) is 3.08. The van der Waals surface area contributed by atoms with E-state index in [0.717, 1.165) is 23.1 Å². The standard InChI is InChI=1S/C24H23BrN2O6S/c1-15-6-2-3-10-21(15)33-24-19(25)12-16(13-26-24)27(34(30)31)20-9-4-8-18-17(20)7-5-11-22(18)32-14-23(28)29/h2-3,5-7,10-13,20H,4,8-9,14H2,1H3,(H,28,29)(H,30,31). The molecule has 2 atom stereocenters. The molecule has 3 aromatic rings. The fourth-order valence-corrected chi connectivity index (χ4v) is 5.21. The van der Waals surface area contributed by atoms with E-state index >= 15 is 0 Å². The molecule has 178 valence electrons. The lowest BCUT2D eigenvalue weighted by Crippen LogP contribution is -2.33. The van der Waals surface area contributed by atoms with Crippen LogP contribution in [-0.2, 0) is 22.5 Å². The van der Waals surface area contributed by atoms with Gasteiger partial charge in [-0.05, 0) is 77.0 Å². The van der Waals surface area contributed by atoms with Crippen LogP contribution in [-0.4, -0.2) is 31.4 Å². The fourth-order valence-electron chi connectivity index (χ4n) is 4.07. The summed E-state index contributed by atoms with van der Waals surface area (Å²) in [6.45, 7) is 1.49. The number of carboxylic acids is 1. The molecule has 1 aliphatic carbocycles. The summed E-state index contributed by atoms with van der Waals surface area (Å²) in [4.78, 5) is 15.3. The molecule has 0 bridgehead atoms. The van der Waals surface area contributed by atoms with Gasteiger partial charge < -0.3 is 14.6 Å². The summed E-state index contributed by atoms with van der Waals surface area (Å²) in [5, 5.41) is 8.97. The Bertz CT molecular complexity index is 1240. The minimum atomic E-state index is -2.34. The molecule has 0 radical (unpaired) electrons. The lowest BCUT2D eigenvalue weighted by molar-refractivity contribution is -0.139. The quantitative estimate of drug-likeness (QED) is 0.362. The molecule has 10 heteroatoms. The molecule has 2 aromatic carbocycles. The lowest BCUT2D eigenvalue weighted by atomic mass is 9.87. The van der Waals surface area contributed by atoms with E-state index in [9.17, 15) is 13.6 Å². The molecular formula is C24H23BrN2O6S. The molecule has 2 unspecified atom stereocenters. The highest BCUT2D eigenvalue weighted by atomic mass is 79.9. The molecule has 0 saturated heterocycles. The fraction of sp³-hybridized carbons (Fsp3) is 0.250. The summed E-state index contributed by atoms with van der Waals surface area (Å²) in [7, 11) is 0. The van der Waals surface area contributed by atoms with Gasteiger partial charge in [0.2, 0.25) is 5.88 Å². The van der Waals surface area contributed by atoms with Crippen LogP contribution in [0.5, 0.6) is 17.4 Å². The van der Waals surface area contributed by atoms with Gasteiger partial charge in [0.05, 0.1) is 22.4 Å². The van der Waals surface area contributed by atoms with E-state index in [0.29, 0.717) is 40.4 Å². The average Bonchev–Trinajstić information content (AvgIpc) is 2.81. The molecule has 8 nitrogen and oxygen atoms in total. The van der Waals surface area contributed by atoms with E-state index in [1.165, 1.54) is 10.5 Å². The number of pyridine rings is 1. The molecule has 34 heavy (non-hydrogen) atoms. The van der Waals surface area contributed by atoms with Crippen LogP contribution in [0.25, 0.3) is 0 Å². The van der Waals surface area contributed by atoms with Gasteiger partial charge in [-0.25, -0.2) is 14.0 Å². The number of aliphatic carboxylic acids is 1. The van der Waals surface area contributed by atoms with Crippen LogP contribution < -0.4 is 13.8 Å². The Hall–Kier alpha value is -2.95. The van der Waals surface area contributed by atoms with Crippen molar-refractivity contribution in [1.29, 1.82) is 0 Å². The molecule has 0 spiro atoms. The lowest BCUT2D eigenvalue weighted by Gasteiger charge is -2.35. The van der Waals surface area contributed by atoms with E-state index < -0.39 is 29.9 Å². The number of ether oxygens (including phenoxy) is 2. The number of aromatic nitrogens is 1. The number of hydrogen-bond acceptors (Lipinski definition) is 5. The number of hydrogen-bond donors (Lipinski definition) is 2. The highest BCUT2D eigenvalue weighted by Gasteiger charge is 2.32. The number of rotatable bonds is 8. The Morgan fingerprint density at radius 1 is 1.24 bits per heavy atom. The van der Waals surface area contributed by atoms with Crippen LogP contribution >= 0.6 is 15.9 Å². The summed E-state index contributed by atoms with van der Waals surface area (Å²) in [5.74, 6) is 0.429. The van der Waals surface area contributed by atoms with Gasteiger partial charge in [0.15, 0.2) is 6.61 Å². The number of para-hydroxylation sites is 1. The largest absolute Gasteiger partial charge is 0.482 e. The van der Waals surface area contributed by atoms with Crippen LogP contribution in [0.1, 0.15) is 35.6 Å². The van der Waals surface area contributed by atoms with Gasteiger partial charge in [-0.2, -0.15) is 0 Å². The molecule has 0 saturated carbocycles. The van der Waals surface area contributed by atoms with Gasteiger partial charge >= 0.3 is 5.97 Å². The Morgan fingerprint density at radius 2 is 2.00 bits per heavy atom. The van der Waals surface area contributed by atoms with Crippen molar-refractivity contribution in [3.05, 3.63) is 75.9 Å². The van der Waals surface area contributed by atoms with Gasteiger partial charge in [0.25, 0.3) is 11.3 Å². The molecule has 1 heterocycles.